The van der Waals surface area contributed by atoms with Gasteiger partial charge in [0.1, 0.15) is 0 Å². The molecule has 0 N–H and O–H groups in total. The van der Waals surface area contributed by atoms with Gasteiger partial charge in [0, 0.05) is 0 Å². The van der Waals surface area contributed by atoms with Crippen molar-refractivity contribution >= 4 is 22.0 Å². The molecule has 1 aromatic rings. The molecule has 1 heteroatoms. The molecular formula is C19H30Sn. The Balaban J connectivity index is 1.92. The maximum absolute atomic E-state index is 2.82. The summed E-state index contributed by atoms with van der Waals surface area (Å²) < 4.78 is 4.09. The molecule has 0 atom stereocenters. The standard InChI is InChI=1S/2C6H11.C6H5.CH3.Sn/c3*1-2-4-6-5-3-1;;/h2*1H,2-6H2;1-5H;1H3;. The summed E-state index contributed by atoms with van der Waals surface area (Å²) in [4.78, 5) is 2.82. The fourth-order valence-corrected chi connectivity index (χ4v) is 21.4. The summed E-state index contributed by atoms with van der Waals surface area (Å²) in [5.41, 5.74) is 0. The Morgan fingerprint density at radius 3 is 1.60 bits per heavy atom. The first kappa shape index (κ1) is 14.9. The van der Waals surface area contributed by atoms with E-state index in [1.807, 2.05) is 3.58 Å². The van der Waals surface area contributed by atoms with Crippen molar-refractivity contribution in [1.29, 1.82) is 0 Å². The van der Waals surface area contributed by atoms with E-state index in [0.29, 0.717) is 0 Å². The first-order valence-corrected chi connectivity index (χ1v) is 16.4. The molecule has 0 aromatic heterocycles. The zero-order chi connectivity index (χ0) is 13.8. The molecule has 1 aromatic carbocycles. The number of rotatable bonds is 3. The molecule has 0 radical (unpaired) electrons. The average Bonchev–Trinajstić information content (AvgIpc) is 2.56. The van der Waals surface area contributed by atoms with Gasteiger partial charge in [-0.25, -0.2) is 0 Å². The van der Waals surface area contributed by atoms with E-state index in [2.05, 4.69) is 35.3 Å². The summed E-state index contributed by atoms with van der Waals surface area (Å²) >= 11 is -2.22. The van der Waals surface area contributed by atoms with E-state index >= 15 is 0 Å². The van der Waals surface area contributed by atoms with Crippen LogP contribution in [0.1, 0.15) is 64.2 Å². The molecule has 2 aliphatic rings. The second kappa shape index (κ2) is 6.85. The summed E-state index contributed by atoms with van der Waals surface area (Å²) in [6, 6.07) is 11.8. The zero-order valence-corrected chi connectivity index (χ0v) is 16.0. The molecule has 20 heavy (non-hydrogen) atoms. The molecule has 110 valence electrons. The second-order valence-electron chi connectivity index (χ2n) is 7.32. The Morgan fingerprint density at radius 2 is 1.15 bits per heavy atom. The zero-order valence-electron chi connectivity index (χ0n) is 13.1. The molecule has 0 nitrogen and oxygen atoms in total. The molecule has 0 bridgehead atoms. The Labute approximate surface area is 129 Å². The van der Waals surface area contributed by atoms with Crippen molar-refractivity contribution in [3.8, 4) is 0 Å². The normalized spacial score (nSPS) is 22.9. The van der Waals surface area contributed by atoms with Crippen molar-refractivity contribution in [2.75, 3.05) is 0 Å². The van der Waals surface area contributed by atoms with Crippen LogP contribution in [0.25, 0.3) is 0 Å². The van der Waals surface area contributed by atoms with Crippen molar-refractivity contribution in [3.05, 3.63) is 30.3 Å². The Hall–Kier alpha value is 0.0187. The van der Waals surface area contributed by atoms with E-state index in [-0.39, 0.29) is 0 Å². The molecular weight excluding hydrogens is 347 g/mol. The Morgan fingerprint density at radius 1 is 0.700 bits per heavy atom. The summed E-state index contributed by atoms with van der Waals surface area (Å²) in [5.74, 6) is 0. The third kappa shape index (κ3) is 2.96. The minimum absolute atomic E-state index is 1.13. The quantitative estimate of drug-likeness (QED) is 0.598. The third-order valence-corrected chi connectivity index (χ3v) is 23.8. The molecule has 0 unspecified atom stereocenters. The van der Waals surface area contributed by atoms with E-state index in [9.17, 15) is 0 Å². The predicted octanol–water partition coefficient (Wildman–Crippen LogP) is 5.64. The van der Waals surface area contributed by atoms with Crippen LogP contribution in [0.5, 0.6) is 0 Å². The summed E-state index contributed by atoms with van der Waals surface area (Å²) in [7, 11) is 0. The Kier molecular flexibility index (Phi) is 5.12. The van der Waals surface area contributed by atoms with Crippen LogP contribution in [0, 0.1) is 0 Å². The van der Waals surface area contributed by atoms with Gasteiger partial charge in [-0.1, -0.05) is 0 Å². The molecule has 0 aliphatic heterocycles. The maximum atomic E-state index is 2.82. The number of hydrogen-bond donors (Lipinski definition) is 0. The van der Waals surface area contributed by atoms with Gasteiger partial charge in [0.25, 0.3) is 0 Å². The van der Waals surface area contributed by atoms with E-state index in [4.69, 9.17) is 0 Å². The van der Waals surface area contributed by atoms with Crippen LogP contribution in [0.4, 0.5) is 0 Å². The average molecular weight is 377 g/mol. The van der Waals surface area contributed by atoms with Crippen molar-refractivity contribution in [2.45, 2.75) is 77.0 Å². The van der Waals surface area contributed by atoms with Crippen LogP contribution in [-0.4, -0.2) is 18.4 Å². The van der Waals surface area contributed by atoms with Gasteiger partial charge in [-0.05, 0) is 0 Å². The van der Waals surface area contributed by atoms with Gasteiger partial charge in [-0.15, -0.1) is 0 Å². The van der Waals surface area contributed by atoms with Gasteiger partial charge >= 0.3 is 129 Å². The number of hydrogen-bond acceptors (Lipinski definition) is 0. The predicted molar refractivity (Wildman–Crippen MR) is 91.4 cm³/mol. The van der Waals surface area contributed by atoms with Gasteiger partial charge in [0.2, 0.25) is 0 Å². The van der Waals surface area contributed by atoms with E-state index in [1.165, 1.54) is 38.5 Å². The fraction of sp³-hybridized carbons (Fsp3) is 0.684. The topological polar surface area (TPSA) is 0 Å². The first-order chi connectivity index (χ1) is 9.82. The van der Waals surface area contributed by atoms with Crippen molar-refractivity contribution in [3.63, 3.8) is 0 Å². The molecule has 0 spiro atoms. The van der Waals surface area contributed by atoms with Crippen LogP contribution in [0.15, 0.2) is 30.3 Å². The van der Waals surface area contributed by atoms with Crippen LogP contribution >= 0.6 is 0 Å². The van der Waals surface area contributed by atoms with Crippen LogP contribution in [-0.2, 0) is 0 Å². The van der Waals surface area contributed by atoms with Gasteiger partial charge < -0.3 is 0 Å². The van der Waals surface area contributed by atoms with Gasteiger partial charge in [0.15, 0.2) is 0 Å². The third-order valence-electron chi connectivity index (χ3n) is 6.30. The van der Waals surface area contributed by atoms with E-state index in [1.54, 1.807) is 25.7 Å². The van der Waals surface area contributed by atoms with Gasteiger partial charge in [-0.2, -0.15) is 0 Å². The summed E-state index contributed by atoms with van der Waals surface area (Å²) in [6.07, 6.45) is 15.3. The van der Waals surface area contributed by atoms with Gasteiger partial charge in [0.05, 0.1) is 0 Å². The summed E-state index contributed by atoms with van der Waals surface area (Å²) in [6.45, 7) is 0. The van der Waals surface area contributed by atoms with Crippen LogP contribution in [0.2, 0.25) is 12.8 Å². The van der Waals surface area contributed by atoms with Crippen LogP contribution in [0.3, 0.4) is 0 Å². The second-order valence-corrected chi connectivity index (χ2v) is 20.9. The Bertz CT molecular complexity index is 381. The molecule has 2 aliphatic carbocycles. The molecule has 0 amide bonds. The fourth-order valence-electron chi connectivity index (χ4n) is 5.01. The monoisotopic (exact) mass is 378 g/mol. The van der Waals surface area contributed by atoms with Crippen molar-refractivity contribution < 1.29 is 0 Å². The molecule has 0 saturated heterocycles. The molecule has 0 heterocycles. The van der Waals surface area contributed by atoms with Gasteiger partial charge in [-0.3, -0.25) is 0 Å². The minimum atomic E-state index is -2.22. The van der Waals surface area contributed by atoms with E-state index < -0.39 is 18.4 Å². The molecule has 3 rings (SSSR count). The molecule has 2 saturated carbocycles. The molecule has 2 fully saturated rings. The van der Waals surface area contributed by atoms with Crippen molar-refractivity contribution in [1.82, 2.24) is 0 Å². The number of benzene rings is 1. The van der Waals surface area contributed by atoms with Crippen LogP contribution < -0.4 is 3.58 Å². The van der Waals surface area contributed by atoms with Crippen molar-refractivity contribution in [2.24, 2.45) is 0 Å². The first-order valence-electron chi connectivity index (χ1n) is 8.87. The van der Waals surface area contributed by atoms with E-state index in [0.717, 1.165) is 7.87 Å². The summed E-state index contributed by atoms with van der Waals surface area (Å²) in [5, 5.41) is 0. The SMILES string of the molecule is [CH3][Sn]([c]1ccccc1)([CH]1CCCCC1)[CH]1CCCCC1.